The number of hydrogen-bond acceptors (Lipinski definition) is 2. The lowest BCUT2D eigenvalue weighted by molar-refractivity contribution is -0.146. The van der Waals surface area contributed by atoms with Gasteiger partial charge < -0.3 is 9.64 Å². The standard InChI is InChI=1S/C25H27ClF3NO2/c1-17-3-4-18(16-32-22-11-7-20(8-12-22)25(27,28)29)15-30(17)23(31)24(13-2-14-24)19-5-9-21(26)10-6-19/h5-12,17-18H,2-4,13-16H2,1H3/t17-,18+/m0/s1. The molecule has 1 saturated carbocycles. The minimum Gasteiger partial charge on any atom is -0.493 e. The van der Waals surface area contributed by atoms with Gasteiger partial charge in [-0.1, -0.05) is 30.2 Å². The van der Waals surface area contributed by atoms with Crippen LogP contribution in [0.25, 0.3) is 0 Å². The lowest BCUT2D eigenvalue weighted by Gasteiger charge is -2.48. The van der Waals surface area contributed by atoms with Crippen LogP contribution in [-0.2, 0) is 16.4 Å². The number of amides is 1. The highest BCUT2D eigenvalue weighted by molar-refractivity contribution is 6.30. The maximum atomic E-state index is 13.7. The van der Waals surface area contributed by atoms with Gasteiger partial charge in [0.05, 0.1) is 17.6 Å². The van der Waals surface area contributed by atoms with Gasteiger partial charge in [0.25, 0.3) is 0 Å². The molecule has 4 rings (SSSR count). The van der Waals surface area contributed by atoms with Crippen LogP contribution in [0.1, 0.15) is 50.2 Å². The fourth-order valence-electron chi connectivity index (χ4n) is 4.76. The van der Waals surface area contributed by atoms with Gasteiger partial charge >= 0.3 is 6.18 Å². The molecule has 2 aromatic carbocycles. The molecular formula is C25H27ClF3NO2. The highest BCUT2D eigenvalue weighted by Gasteiger charge is 2.49. The van der Waals surface area contributed by atoms with Crippen LogP contribution in [-0.4, -0.2) is 30.0 Å². The summed E-state index contributed by atoms with van der Waals surface area (Å²) in [7, 11) is 0. The van der Waals surface area contributed by atoms with Gasteiger partial charge in [-0.15, -0.1) is 0 Å². The normalized spacial score (nSPS) is 22.8. The molecule has 1 saturated heterocycles. The number of halogens is 4. The topological polar surface area (TPSA) is 29.5 Å². The van der Waals surface area contributed by atoms with Crippen molar-refractivity contribution in [3.63, 3.8) is 0 Å². The smallest absolute Gasteiger partial charge is 0.416 e. The lowest BCUT2D eigenvalue weighted by atomic mass is 9.63. The first-order valence-corrected chi connectivity index (χ1v) is 11.4. The molecule has 2 fully saturated rings. The first kappa shape index (κ1) is 23.0. The monoisotopic (exact) mass is 465 g/mol. The Hall–Kier alpha value is -2.21. The molecule has 2 aliphatic rings. The van der Waals surface area contributed by atoms with Gasteiger partial charge in [0.15, 0.2) is 0 Å². The highest BCUT2D eigenvalue weighted by atomic mass is 35.5. The molecule has 0 N–H and O–H groups in total. The van der Waals surface area contributed by atoms with Crippen LogP contribution in [0.15, 0.2) is 48.5 Å². The number of hydrogen-bond donors (Lipinski definition) is 0. The van der Waals surface area contributed by atoms with Crippen molar-refractivity contribution in [1.29, 1.82) is 0 Å². The van der Waals surface area contributed by atoms with Crippen LogP contribution < -0.4 is 4.74 Å². The van der Waals surface area contributed by atoms with Crippen molar-refractivity contribution in [1.82, 2.24) is 4.90 Å². The van der Waals surface area contributed by atoms with Crippen LogP contribution in [0.4, 0.5) is 13.2 Å². The summed E-state index contributed by atoms with van der Waals surface area (Å²) in [4.78, 5) is 15.7. The molecular weight excluding hydrogens is 439 g/mol. The number of ether oxygens (including phenoxy) is 1. The summed E-state index contributed by atoms with van der Waals surface area (Å²) in [6.45, 7) is 3.05. The largest absolute Gasteiger partial charge is 0.493 e. The van der Waals surface area contributed by atoms with Gasteiger partial charge in [0.1, 0.15) is 5.75 Å². The molecule has 0 radical (unpaired) electrons. The van der Waals surface area contributed by atoms with Crippen molar-refractivity contribution < 1.29 is 22.7 Å². The average molecular weight is 466 g/mol. The molecule has 2 aromatic rings. The van der Waals surface area contributed by atoms with E-state index < -0.39 is 17.2 Å². The number of alkyl halides is 3. The number of benzene rings is 2. The van der Waals surface area contributed by atoms with E-state index in [1.807, 2.05) is 29.2 Å². The van der Waals surface area contributed by atoms with Gasteiger partial charge in [-0.25, -0.2) is 0 Å². The van der Waals surface area contributed by atoms with Crippen molar-refractivity contribution in [2.45, 2.75) is 56.7 Å². The van der Waals surface area contributed by atoms with Crippen molar-refractivity contribution in [2.75, 3.05) is 13.2 Å². The van der Waals surface area contributed by atoms with Gasteiger partial charge in [0, 0.05) is 23.5 Å². The summed E-state index contributed by atoms with van der Waals surface area (Å²) in [5.41, 5.74) is -0.149. The SMILES string of the molecule is C[C@H]1CC[C@@H](COc2ccc(C(F)(F)F)cc2)CN1C(=O)C1(c2ccc(Cl)cc2)CCC1. The third kappa shape index (κ3) is 4.61. The summed E-state index contributed by atoms with van der Waals surface area (Å²) in [6, 6.07) is 12.5. The Morgan fingerprint density at radius 3 is 2.31 bits per heavy atom. The minimum absolute atomic E-state index is 0.139. The second-order valence-corrected chi connectivity index (χ2v) is 9.46. The van der Waals surface area contributed by atoms with Crippen molar-refractivity contribution in [2.24, 2.45) is 5.92 Å². The van der Waals surface area contributed by atoms with Crippen molar-refractivity contribution in [3.05, 3.63) is 64.7 Å². The van der Waals surface area contributed by atoms with E-state index in [0.717, 1.165) is 49.8 Å². The number of likely N-dealkylation sites (tertiary alicyclic amines) is 1. The summed E-state index contributed by atoms with van der Waals surface area (Å²) in [6.07, 6.45) is 0.132. The van der Waals surface area contributed by atoms with Gasteiger partial charge in [-0.2, -0.15) is 13.2 Å². The molecule has 1 aliphatic heterocycles. The molecule has 0 unspecified atom stereocenters. The molecule has 1 amide bonds. The zero-order valence-electron chi connectivity index (χ0n) is 18.0. The van der Waals surface area contributed by atoms with Gasteiger partial charge in [0.2, 0.25) is 5.91 Å². The van der Waals surface area contributed by atoms with E-state index in [4.69, 9.17) is 16.3 Å². The third-order valence-electron chi connectivity index (χ3n) is 6.92. The summed E-state index contributed by atoms with van der Waals surface area (Å²) >= 11 is 6.04. The second-order valence-electron chi connectivity index (χ2n) is 9.03. The van der Waals surface area contributed by atoms with Crippen molar-refractivity contribution >= 4 is 17.5 Å². The molecule has 0 spiro atoms. The van der Waals surface area contributed by atoms with Crippen LogP contribution in [0.2, 0.25) is 5.02 Å². The van der Waals surface area contributed by atoms with Crippen molar-refractivity contribution in [3.8, 4) is 5.75 Å². The molecule has 2 atom stereocenters. The minimum atomic E-state index is -4.36. The average Bonchev–Trinajstić information content (AvgIpc) is 2.73. The van der Waals surface area contributed by atoms with E-state index in [0.29, 0.717) is 23.9 Å². The van der Waals surface area contributed by atoms with Gasteiger partial charge in [-0.3, -0.25) is 4.79 Å². The Morgan fingerprint density at radius 1 is 1.09 bits per heavy atom. The predicted molar refractivity (Wildman–Crippen MR) is 118 cm³/mol. The maximum absolute atomic E-state index is 13.7. The van der Waals surface area contributed by atoms with Crippen LogP contribution in [0, 0.1) is 5.92 Å². The first-order chi connectivity index (χ1) is 15.2. The van der Waals surface area contributed by atoms with Gasteiger partial charge in [-0.05, 0) is 74.6 Å². The molecule has 32 heavy (non-hydrogen) atoms. The Labute approximate surface area is 191 Å². The number of nitrogens with zero attached hydrogens (tertiary/aromatic N) is 1. The number of rotatable bonds is 5. The van der Waals surface area contributed by atoms with E-state index in [9.17, 15) is 18.0 Å². The van der Waals surface area contributed by atoms with Crippen LogP contribution in [0.3, 0.4) is 0 Å². The molecule has 7 heteroatoms. The first-order valence-electron chi connectivity index (χ1n) is 11.1. The summed E-state index contributed by atoms with van der Waals surface area (Å²) < 4.78 is 44.0. The van der Waals surface area contributed by atoms with E-state index in [1.54, 1.807) is 0 Å². The zero-order chi connectivity index (χ0) is 22.9. The number of carbonyl (C=O) groups is 1. The predicted octanol–water partition coefficient (Wildman–Crippen LogP) is 6.49. The molecule has 172 valence electrons. The fourth-order valence-corrected chi connectivity index (χ4v) is 4.88. The molecule has 0 bridgehead atoms. The van der Waals surface area contributed by atoms with Crippen LogP contribution >= 0.6 is 11.6 Å². The number of carbonyl (C=O) groups excluding carboxylic acids is 1. The Balaban J connectivity index is 1.41. The Bertz CT molecular complexity index is 939. The fraction of sp³-hybridized carbons (Fsp3) is 0.480. The summed E-state index contributed by atoms with van der Waals surface area (Å²) in [5.74, 6) is 0.712. The van der Waals surface area contributed by atoms with E-state index in [1.165, 1.54) is 12.1 Å². The molecule has 0 aromatic heterocycles. The quantitative estimate of drug-likeness (QED) is 0.505. The third-order valence-corrected chi connectivity index (χ3v) is 7.17. The highest BCUT2D eigenvalue weighted by Crippen LogP contribution is 2.46. The zero-order valence-corrected chi connectivity index (χ0v) is 18.8. The number of piperidine rings is 1. The van der Waals surface area contributed by atoms with Crippen LogP contribution in [0.5, 0.6) is 5.75 Å². The van der Waals surface area contributed by atoms with E-state index in [-0.39, 0.29) is 17.9 Å². The Morgan fingerprint density at radius 2 is 1.75 bits per heavy atom. The lowest BCUT2D eigenvalue weighted by Crippen LogP contribution is -2.56. The molecule has 1 heterocycles. The maximum Gasteiger partial charge on any atom is 0.416 e. The molecule has 3 nitrogen and oxygen atoms in total. The van der Waals surface area contributed by atoms with E-state index in [2.05, 4.69) is 6.92 Å². The van der Waals surface area contributed by atoms with E-state index >= 15 is 0 Å². The second kappa shape index (κ2) is 8.97. The summed E-state index contributed by atoms with van der Waals surface area (Å²) in [5, 5.41) is 0.655. The Kier molecular flexibility index (Phi) is 6.44. The molecule has 1 aliphatic carbocycles.